The fourth-order valence-corrected chi connectivity index (χ4v) is 14.1. The molecule has 2 aromatic rings. The van der Waals surface area contributed by atoms with Crippen molar-refractivity contribution in [2.45, 2.75) is 131 Å². The molecule has 0 amide bonds. The lowest BCUT2D eigenvalue weighted by Gasteiger charge is -2.33. The minimum absolute atomic E-state index is 0.294. The SMILES string of the molecule is CCCc1c(CCC)c(CCC)c2c(c1CCC)Cc1c(c(CCC)c3c(c1CCC)=CI=IC=3)C2. The summed E-state index contributed by atoms with van der Waals surface area (Å²) >= 11 is 0.589. The Morgan fingerprint density at radius 1 is 0.417 bits per heavy atom. The third-order valence-corrected chi connectivity index (χ3v) is 15.2. The minimum Gasteiger partial charge on any atom is -0.0651 e. The number of benzene rings is 2. The van der Waals surface area contributed by atoms with E-state index in [-0.39, 0.29) is 0 Å². The first-order valence-electron chi connectivity index (χ1n) is 14.9. The highest BCUT2D eigenvalue weighted by molar-refractivity contribution is 14.8. The molecule has 4 rings (SSSR count). The van der Waals surface area contributed by atoms with Gasteiger partial charge in [-0.25, -0.2) is 0 Å². The lowest BCUT2D eigenvalue weighted by atomic mass is 9.71. The van der Waals surface area contributed by atoms with Crippen molar-refractivity contribution in [3.8, 4) is 0 Å². The number of rotatable bonds is 12. The monoisotopic (exact) mass is 710 g/mol. The molecule has 0 N–H and O–H groups in total. The molecule has 0 saturated heterocycles. The Morgan fingerprint density at radius 3 is 1.03 bits per heavy atom. The molecule has 0 fully saturated rings. The summed E-state index contributed by atoms with van der Waals surface area (Å²) in [7, 11) is 0. The summed E-state index contributed by atoms with van der Waals surface area (Å²) in [5.74, 6) is 0. The molecule has 0 aromatic heterocycles. The van der Waals surface area contributed by atoms with Gasteiger partial charge in [-0.2, -0.15) is 0 Å². The second-order valence-corrected chi connectivity index (χ2v) is 19.4. The van der Waals surface area contributed by atoms with Crippen molar-refractivity contribution < 1.29 is 0 Å². The Balaban J connectivity index is 2.08. The molecule has 0 radical (unpaired) electrons. The smallest absolute Gasteiger partial charge is 0.00141 e. The number of halogens is 2. The average Bonchev–Trinajstić information content (AvgIpc) is 2.89. The van der Waals surface area contributed by atoms with Crippen molar-refractivity contribution in [3.05, 3.63) is 66.1 Å². The van der Waals surface area contributed by atoms with Gasteiger partial charge in [-0.1, -0.05) is 113 Å². The molecule has 2 aliphatic rings. The maximum atomic E-state index is 2.75. The van der Waals surface area contributed by atoms with Gasteiger partial charge in [0.15, 0.2) is 0 Å². The molecule has 0 atom stereocenters. The van der Waals surface area contributed by atoms with Crippen LogP contribution in [0.1, 0.15) is 136 Å². The summed E-state index contributed by atoms with van der Waals surface area (Å²) in [5, 5.41) is 3.40. The van der Waals surface area contributed by atoms with E-state index in [1.807, 2.05) is 0 Å². The van der Waals surface area contributed by atoms with E-state index in [1.165, 1.54) is 89.9 Å². The molecule has 1 aliphatic carbocycles. The normalized spacial score (nSPS) is 14.1. The quantitative estimate of drug-likeness (QED) is 0.165. The second kappa shape index (κ2) is 13.6. The Hall–Kier alpha value is -0.360. The molecule has 0 unspecified atom stereocenters. The molecule has 2 heteroatoms. The fraction of sp³-hybridized carbons (Fsp3) is 0.588. The summed E-state index contributed by atoms with van der Waals surface area (Å²) < 4.78 is 5.51. The van der Waals surface area contributed by atoms with Crippen molar-refractivity contribution in [3.63, 3.8) is 0 Å². The number of fused-ring (bicyclic) bond motifs is 3. The Labute approximate surface area is 237 Å². The number of hydrogen-bond acceptors (Lipinski definition) is 0. The van der Waals surface area contributed by atoms with Gasteiger partial charge in [-0.05, 0) is 126 Å². The highest BCUT2D eigenvalue weighted by Gasteiger charge is 2.29. The third-order valence-electron chi connectivity index (χ3n) is 8.27. The van der Waals surface area contributed by atoms with Crippen LogP contribution in [0.15, 0.2) is 0 Å². The first-order chi connectivity index (χ1) is 17.6. The Morgan fingerprint density at radius 2 is 0.694 bits per heavy atom. The summed E-state index contributed by atoms with van der Waals surface area (Å²) in [6.45, 7) is 14.4. The minimum atomic E-state index is 0.294. The zero-order valence-corrected chi connectivity index (χ0v) is 28.1. The lowest BCUT2D eigenvalue weighted by Crippen LogP contribution is -2.37. The van der Waals surface area contributed by atoms with E-state index in [4.69, 9.17) is 0 Å². The first-order valence-corrected chi connectivity index (χ1v) is 23.7. The third kappa shape index (κ3) is 5.51. The molecule has 0 saturated carbocycles. The molecule has 0 bridgehead atoms. The standard InChI is InChI=1S/C34H48I2/c1-7-13-23-24(14-8-2)26(16-10-4)30-20-32-28(18-12-6)34-22-36-35-21-33(34)27(17-11-5)31(32)19-29(30)25(23)15-9-3/h21-22H,7-20H2,1-6H3. The summed E-state index contributed by atoms with van der Waals surface area (Å²) in [6, 6.07) is 0. The van der Waals surface area contributed by atoms with Gasteiger partial charge in [0.1, 0.15) is 0 Å². The van der Waals surface area contributed by atoms with Gasteiger partial charge in [-0.15, -0.1) is 0 Å². The lowest BCUT2D eigenvalue weighted by molar-refractivity contribution is 0.764. The first kappa shape index (κ1) is 28.6. The van der Waals surface area contributed by atoms with Crippen LogP contribution in [0.5, 0.6) is 0 Å². The van der Waals surface area contributed by atoms with Crippen LogP contribution >= 0.6 is 33.2 Å². The van der Waals surface area contributed by atoms with Crippen LogP contribution in [0.3, 0.4) is 0 Å². The van der Waals surface area contributed by atoms with Crippen LogP contribution in [0.25, 0.3) is 8.17 Å². The maximum Gasteiger partial charge on any atom is -0.00141 e. The Bertz CT molecular complexity index is 1150. The molecule has 1 heterocycles. The second-order valence-electron chi connectivity index (χ2n) is 10.8. The van der Waals surface area contributed by atoms with E-state index in [0.717, 1.165) is 0 Å². The summed E-state index contributed by atoms with van der Waals surface area (Å²) in [6.07, 6.45) is 17.6. The largest absolute Gasteiger partial charge is 0.0651 e. The van der Waals surface area contributed by atoms with Gasteiger partial charge in [0.25, 0.3) is 0 Å². The predicted octanol–water partition coefficient (Wildman–Crippen LogP) is 9.24. The van der Waals surface area contributed by atoms with Gasteiger partial charge in [0.2, 0.25) is 0 Å². The number of hydrogen-bond donors (Lipinski definition) is 0. The Kier molecular flexibility index (Phi) is 10.8. The zero-order chi connectivity index (χ0) is 25.7. The topological polar surface area (TPSA) is 0 Å². The molecular formula is C34H48I2. The molecular weight excluding hydrogens is 662 g/mol. The van der Waals surface area contributed by atoms with E-state index in [2.05, 4.69) is 49.7 Å². The molecule has 2 aromatic carbocycles. The fourth-order valence-electron chi connectivity index (χ4n) is 6.97. The highest BCUT2D eigenvalue weighted by Crippen LogP contribution is 2.40. The van der Waals surface area contributed by atoms with Crippen LogP contribution in [-0.2, 0) is 51.4 Å². The van der Waals surface area contributed by atoms with Crippen LogP contribution in [-0.4, -0.2) is 0 Å². The van der Waals surface area contributed by atoms with Gasteiger partial charge in [-0.3, -0.25) is 0 Å². The highest BCUT2D eigenvalue weighted by atomic mass is 128. The maximum absolute atomic E-state index is 2.75. The van der Waals surface area contributed by atoms with E-state index < -0.39 is 0 Å². The van der Waals surface area contributed by atoms with E-state index >= 15 is 0 Å². The molecule has 36 heavy (non-hydrogen) atoms. The van der Waals surface area contributed by atoms with Crippen molar-refractivity contribution in [2.24, 2.45) is 0 Å². The van der Waals surface area contributed by atoms with Crippen molar-refractivity contribution in [1.82, 2.24) is 0 Å². The van der Waals surface area contributed by atoms with E-state index in [1.54, 1.807) is 66.1 Å². The van der Waals surface area contributed by atoms with E-state index in [9.17, 15) is 0 Å². The van der Waals surface area contributed by atoms with Crippen molar-refractivity contribution in [2.75, 3.05) is 0 Å². The van der Waals surface area contributed by atoms with Crippen LogP contribution in [0.2, 0.25) is 0 Å². The molecule has 198 valence electrons. The molecule has 0 spiro atoms. The summed E-state index contributed by atoms with van der Waals surface area (Å²) in [5.41, 5.74) is 17.7. The molecule has 0 nitrogen and oxygen atoms in total. The van der Waals surface area contributed by atoms with Crippen molar-refractivity contribution in [1.29, 1.82) is 0 Å². The predicted molar refractivity (Wildman–Crippen MR) is 179 cm³/mol. The van der Waals surface area contributed by atoms with Gasteiger partial charge >= 0.3 is 0 Å². The van der Waals surface area contributed by atoms with Crippen molar-refractivity contribution >= 4 is 41.4 Å². The average molecular weight is 711 g/mol. The van der Waals surface area contributed by atoms with Crippen LogP contribution in [0.4, 0.5) is 0 Å². The molecule has 1 aliphatic heterocycles. The van der Waals surface area contributed by atoms with Crippen LogP contribution in [0, 0.1) is 0 Å². The van der Waals surface area contributed by atoms with Gasteiger partial charge < -0.3 is 0 Å². The zero-order valence-electron chi connectivity index (χ0n) is 23.8. The van der Waals surface area contributed by atoms with Gasteiger partial charge in [0.05, 0.1) is 0 Å². The van der Waals surface area contributed by atoms with Gasteiger partial charge in [0, 0.05) is 0 Å². The van der Waals surface area contributed by atoms with E-state index in [0.29, 0.717) is 33.2 Å². The van der Waals surface area contributed by atoms with Crippen LogP contribution < -0.4 is 10.4 Å². The summed E-state index contributed by atoms with van der Waals surface area (Å²) in [4.78, 5) is 0.